The Bertz CT molecular complexity index is 5150. The third-order valence-electron chi connectivity index (χ3n) is 19.7. The van der Waals surface area contributed by atoms with Crippen LogP contribution in [-0.2, 0) is 10.8 Å². The summed E-state index contributed by atoms with van der Waals surface area (Å²) in [5.41, 5.74) is 21.8. The molecule has 0 amide bonds. The normalized spacial score (nSPS) is 13.6. The molecular weight excluding hydrogens is 1080 g/mol. The average Bonchev–Trinajstić information content (AvgIpc) is 1.48. The topological polar surface area (TPSA) is 6.48 Å². The summed E-state index contributed by atoms with van der Waals surface area (Å²) in [5, 5.41) is 14.8. The van der Waals surface area contributed by atoms with Crippen molar-refractivity contribution >= 4 is 123 Å². The molecule has 0 radical (unpaired) electrons. The van der Waals surface area contributed by atoms with Crippen molar-refractivity contribution in [1.82, 2.24) is 0 Å². The van der Waals surface area contributed by atoms with E-state index in [1.165, 1.54) is 143 Å². The number of fused-ring (bicyclic) bond motifs is 14. The van der Waals surface area contributed by atoms with Gasteiger partial charge < -0.3 is 9.80 Å². The largest absolute Gasteiger partial charge is 0.309 e. The first-order valence-electron chi connectivity index (χ1n) is 31.5. The lowest BCUT2D eigenvalue weighted by molar-refractivity contribution is 0.660. The number of anilines is 6. The van der Waals surface area contributed by atoms with Gasteiger partial charge in [0.15, 0.2) is 0 Å². The van der Waals surface area contributed by atoms with Gasteiger partial charge in [-0.05, 0) is 158 Å². The van der Waals surface area contributed by atoms with Crippen LogP contribution >= 0.6 is 0 Å². The maximum atomic E-state index is 2.50. The Hall–Kier alpha value is -11.1. The van der Waals surface area contributed by atoms with Crippen LogP contribution in [0.1, 0.15) is 72.2 Å². The summed E-state index contributed by atoms with van der Waals surface area (Å²) in [6, 6.07) is 108. The molecular formula is C88H64N2. The third kappa shape index (κ3) is 8.62. The highest BCUT2D eigenvalue weighted by Crippen LogP contribution is 2.55. The Morgan fingerprint density at radius 2 is 0.522 bits per heavy atom. The van der Waals surface area contributed by atoms with E-state index in [-0.39, 0.29) is 10.8 Å². The van der Waals surface area contributed by atoms with Crippen LogP contribution in [0.3, 0.4) is 0 Å². The van der Waals surface area contributed by atoms with Gasteiger partial charge in [-0.1, -0.05) is 295 Å². The first kappa shape index (κ1) is 53.2. The number of benzene rings is 15. The summed E-state index contributed by atoms with van der Waals surface area (Å²) in [4.78, 5) is 5.01. The van der Waals surface area contributed by atoms with Crippen molar-refractivity contribution < 1.29 is 0 Å². The predicted molar refractivity (Wildman–Crippen MR) is 387 cm³/mol. The van der Waals surface area contributed by atoms with Crippen LogP contribution in [0.25, 0.3) is 111 Å². The zero-order valence-corrected chi connectivity index (χ0v) is 50.9. The lowest BCUT2D eigenvalue weighted by Crippen LogP contribution is -2.17. The van der Waals surface area contributed by atoms with Crippen LogP contribution in [0.5, 0.6) is 0 Å². The van der Waals surface area contributed by atoms with Crippen LogP contribution in [0.4, 0.5) is 34.1 Å². The van der Waals surface area contributed by atoms with E-state index < -0.39 is 0 Å². The molecule has 0 saturated heterocycles. The average molecular weight is 1150 g/mol. The van der Waals surface area contributed by atoms with Gasteiger partial charge in [0.05, 0.1) is 22.7 Å². The van der Waals surface area contributed by atoms with Gasteiger partial charge in [-0.25, -0.2) is 0 Å². The summed E-state index contributed by atoms with van der Waals surface area (Å²) >= 11 is 0. The van der Waals surface area contributed by atoms with E-state index in [4.69, 9.17) is 0 Å². The van der Waals surface area contributed by atoms with E-state index in [9.17, 15) is 0 Å². The van der Waals surface area contributed by atoms with Crippen molar-refractivity contribution in [1.29, 1.82) is 0 Å². The molecule has 0 bridgehead atoms. The Labute approximate surface area is 526 Å². The second-order valence-corrected chi connectivity index (χ2v) is 25.6. The van der Waals surface area contributed by atoms with E-state index in [0.717, 1.165) is 22.7 Å². The molecule has 90 heavy (non-hydrogen) atoms. The molecule has 2 aliphatic rings. The summed E-state index contributed by atoms with van der Waals surface area (Å²) in [6.45, 7) is 9.57. The first-order valence-corrected chi connectivity index (χ1v) is 31.5. The molecule has 0 aliphatic heterocycles. The Balaban J connectivity index is 0.639. The minimum absolute atomic E-state index is 0.230. The Morgan fingerprint density at radius 3 is 0.933 bits per heavy atom. The maximum Gasteiger partial charge on any atom is 0.0546 e. The third-order valence-corrected chi connectivity index (χ3v) is 19.7. The van der Waals surface area contributed by atoms with Crippen LogP contribution < -0.4 is 9.80 Å². The lowest BCUT2D eigenvalue weighted by Gasteiger charge is -2.30. The van der Waals surface area contributed by atoms with Gasteiger partial charge in [-0.2, -0.15) is 0 Å². The second kappa shape index (κ2) is 20.8. The van der Waals surface area contributed by atoms with Crippen LogP contribution in [0.15, 0.2) is 291 Å². The van der Waals surface area contributed by atoms with Crippen LogP contribution in [0.2, 0.25) is 0 Å². The summed E-state index contributed by atoms with van der Waals surface area (Å²) in [6.07, 6.45) is 9.02. The first-order chi connectivity index (χ1) is 44.1. The minimum atomic E-state index is -0.230. The van der Waals surface area contributed by atoms with E-state index in [1.54, 1.807) is 0 Å². The molecule has 2 nitrogen and oxygen atoms in total. The molecule has 2 heteroatoms. The van der Waals surface area contributed by atoms with E-state index in [2.05, 4.69) is 353 Å². The van der Waals surface area contributed by atoms with Gasteiger partial charge >= 0.3 is 0 Å². The molecule has 0 spiro atoms. The van der Waals surface area contributed by atoms with Gasteiger partial charge in [0, 0.05) is 43.7 Å². The van der Waals surface area contributed by atoms with Gasteiger partial charge in [0.1, 0.15) is 0 Å². The Morgan fingerprint density at radius 1 is 0.222 bits per heavy atom. The predicted octanol–water partition coefficient (Wildman–Crippen LogP) is 24.5. The summed E-state index contributed by atoms with van der Waals surface area (Å²) in [7, 11) is 0. The fourth-order valence-corrected chi connectivity index (χ4v) is 15.1. The van der Waals surface area contributed by atoms with Gasteiger partial charge in [-0.15, -0.1) is 0 Å². The standard InChI is InChI=1S/C88H64N2/c1-87(2)79-51-59(43-47-73(79)75-49-45-65(55-81(75)87)89(83-33-17-23-61-19-5-11-27-69(61)83)85-53-63-21-7-9-25-67(63)71-29-13-15-31-77(71)85)41-39-57-35-37-58(38-36-57)40-42-60-44-48-74-76-50-46-66(56-82(76)88(3,4)80(74)52-60)90(84-34-18-24-62-20-6-12-28-70(62)84)86-54-64-22-8-10-26-68(64)72-30-14-16-32-78(72)86/h5-56H,1-4H3/b41-39+,42-40+. The molecule has 17 rings (SSSR count). The number of nitrogens with zero attached hydrogens (tertiary/aromatic N) is 2. The monoisotopic (exact) mass is 1150 g/mol. The SMILES string of the molecule is CC1(C)c2cc(/C=C/c3ccc(/C=C/c4ccc5c(c4)C(C)(C)c4cc(N(c6cccc7ccccc67)c6cc7ccccc7c7ccccc67)ccc4-5)cc3)ccc2-c2ccc(N(c3cccc4ccccc34)c3cc4ccccc4c4ccccc34)cc21. The highest BCUT2D eigenvalue weighted by atomic mass is 15.2. The summed E-state index contributed by atoms with van der Waals surface area (Å²) in [5.74, 6) is 0. The molecule has 15 aromatic carbocycles. The molecule has 2 aliphatic carbocycles. The van der Waals surface area contributed by atoms with Gasteiger partial charge in [0.25, 0.3) is 0 Å². The summed E-state index contributed by atoms with van der Waals surface area (Å²) < 4.78 is 0. The van der Waals surface area contributed by atoms with Crippen molar-refractivity contribution in [3.8, 4) is 22.3 Å². The van der Waals surface area contributed by atoms with Gasteiger partial charge in [-0.3, -0.25) is 0 Å². The smallest absolute Gasteiger partial charge is 0.0546 e. The maximum absolute atomic E-state index is 2.50. The number of rotatable bonds is 10. The quantitative estimate of drug-likeness (QED) is 0.0995. The van der Waals surface area contributed by atoms with E-state index in [1.807, 2.05) is 0 Å². The fourth-order valence-electron chi connectivity index (χ4n) is 15.1. The zero-order chi connectivity index (χ0) is 60.2. The second-order valence-electron chi connectivity index (χ2n) is 25.6. The van der Waals surface area contributed by atoms with Gasteiger partial charge in [0.2, 0.25) is 0 Å². The molecule has 0 N–H and O–H groups in total. The molecule has 0 aromatic heterocycles. The molecule has 15 aromatic rings. The zero-order valence-electron chi connectivity index (χ0n) is 50.9. The van der Waals surface area contributed by atoms with Crippen molar-refractivity contribution in [3.05, 3.63) is 336 Å². The molecule has 0 fully saturated rings. The van der Waals surface area contributed by atoms with Crippen molar-refractivity contribution in [3.63, 3.8) is 0 Å². The van der Waals surface area contributed by atoms with Crippen molar-refractivity contribution in [2.45, 2.75) is 38.5 Å². The highest BCUT2D eigenvalue weighted by molar-refractivity contribution is 6.17. The Kier molecular flexibility index (Phi) is 12.3. The van der Waals surface area contributed by atoms with Crippen molar-refractivity contribution in [2.75, 3.05) is 9.80 Å². The molecule has 0 heterocycles. The molecule has 0 atom stereocenters. The van der Waals surface area contributed by atoms with Crippen LogP contribution in [-0.4, -0.2) is 0 Å². The van der Waals surface area contributed by atoms with E-state index >= 15 is 0 Å². The number of hydrogen-bond donors (Lipinski definition) is 0. The molecule has 0 unspecified atom stereocenters. The minimum Gasteiger partial charge on any atom is -0.309 e. The van der Waals surface area contributed by atoms with Crippen molar-refractivity contribution in [2.24, 2.45) is 0 Å². The van der Waals surface area contributed by atoms with Crippen LogP contribution in [0, 0.1) is 0 Å². The lowest BCUT2D eigenvalue weighted by atomic mass is 9.81. The number of hydrogen-bond acceptors (Lipinski definition) is 2. The fraction of sp³-hybridized carbons (Fsp3) is 0.0682. The molecule has 426 valence electrons. The highest BCUT2D eigenvalue weighted by Gasteiger charge is 2.38. The van der Waals surface area contributed by atoms with E-state index in [0.29, 0.717) is 0 Å². The molecule has 0 saturated carbocycles.